The predicted molar refractivity (Wildman–Crippen MR) is 78.2 cm³/mol. The van der Waals surface area contributed by atoms with Crippen LogP contribution in [-0.4, -0.2) is 12.6 Å². The van der Waals surface area contributed by atoms with Crippen LogP contribution < -0.4 is 10.1 Å². The smallest absolute Gasteiger partial charge is 0.123 e. The Morgan fingerprint density at radius 1 is 1.11 bits per heavy atom. The normalized spacial score (nSPS) is 11.6. The molecule has 0 unspecified atom stereocenters. The molecule has 102 valence electrons. The molecule has 0 spiro atoms. The van der Waals surface area contributed by atoms with E-state index in [1.807, 2.05) is 0 Å². The Balaban J connectivity index is 2.81. The Morgan fingerprint density at radius 3 is 2.22 bits per heavy atom. The van der Waals surface area contributed by atoms with Gasteiger partial charge < -0.3 is 10.1 Å². The molecule has 18 heavy (non-hydrogen) atoms. The largest absolute Gasteiger partial charge is 0.496 e. The summed E-state index contributed by atoms with van der Waals surface area (Å²) in [5.74, 6) is 0.977. The summed E-state index contributed by atoms with van der Waals surface area (Å²) in [6.07, 6.45) is 3.48. The van der Waals surface area contributed by atoms with Gasteiger partial charge in [-0.15, -0.1) is 0 Å². The Hall–Kier alpha value is -1.02. The molecular weight excluding hydrogens is 222 g/mol. The zero-order valence-electron chi connectivity index (χ0n) is 12.5. The molecule has 1 N–H and O–H groups in total. The summed E-state index contributed by atoms with van der Waals surface area (Å²) in [6, 6.07) is 6.35. The Bertz CT molecular complexity index is 361. The summed E-state index contributed by atoms with van der Waals surface area (Å²) in [7, 11) is 1.74. The number of aryl methyl sites for hydroxylation is 1. The van der Waals surface area contributed by atoms with Gasteiger partial charge in [0, 0.05) is 17.6 Å². The van der Waals surface area contributed by atoms with Crippen LogP contribution in [0.5, 0.6) is 5.75 Å². The van der Waals surface area contributed by atoms with E-state index in [2.05, 4.69) is 51.2 Å². The number of methoxy groups -OCH3 is 1. The minimum absolute atomic E-state index is 0.259. The maximum absolute atomic E-state index is 5.43. The van der Waals surface area contributed by atoms with Crippen molar-refractivity contribution in [1.82, 2.24) is 5.32 Å². The first kappa shape index (κ1) is 15.0. The quantitative estimate of drug-likeness (QED) is 0.786. The first-order valence-corrected chi connectivity index (χ1v) is 6.99. The van der Waals surface area contributed by atoms with Crippen LogP contribution in [0, 0.1) is 6.92 Å². The number of nitrogens with one attached hydrogen (secondary N) is 1. The van der Waals surface area contributed by atoms with E-state index in [1.54, 1.807) is 7.11 Å². The van der Waals surface area contributed by atoms with E-state index < -0.39 is 0 Å². The first-order valence-electron chi connectivity index (χ1n) is 6.99. The van der Waals surface area contributed by atoms with Crippen LogP contribution in [-0.2, 0) is 6.54 Å². The van der Waals surface area contributed by atoms with Gasteiger partial charge in [-0.05, 0) is 32.3 Å². The van der Waals surface area contributed by atoms with Crippen LogP contribution in [0.15, 0.2) is 18.2 Å². The number of rotatable bonds is 7. The van der Waals surface area contributed by atoms with Gasteiger partial charge in [-0.1, -0.05) is 38.5 Å². The van der Waals surface area contributed by atoms with E-state index in [1.165, 1.54) is 11.1 Å². The van der Waals surface area contributed by atoms with Crippen LogP contribution >= 0.6 is 0 Å². The molecule has 0 radical (unpaired) electrons. The van der Waals surface area contributed by atoms with Gasteiger partial charge in [0.1, 0.15) is 5.75 Å². The predicted octanol–water partition coefficient (Wildman–Crippen LogP) is 4.06. The summed E-state index contributed by atoms with van der Waals surface area (Å²) >= 11 is 0. The molecule has 0 saturated heterocycles. The third-order valence-corrected chi connectivity index (χ3v) is 4.12. The van der Waals surface area contributed by atoms with Crippen molar-refractivity contribution in [1.29, 1.82) is 0 Å². The lowest BCUT2D eigenvalue weighted by molar-refractivity contribution is 0.285. The van der Waals surface area contributed by atoms with E-state index in [0.717, 1.165) is 31.6 Å². The molecule has 0 aliphatic heterocycles. The Labute approximate surface area is 112 Å². The molecular formula is C16H27NO. The van der Waals surface area contributed by atoms with Gasteiger partial charge >= 0.3 is 0 Å². The van der Waals surface area contributed by atoms with Crippen molar-refractivity contribution in [3.8, 4) is 5.75 Å². The molecule has 0 atom stereocenters. The van der Waals surface area contributed by atoms with Gasteiger partial charge in [0.2, 0.25) is 0 Å². The summed E-state index contributed by atoms with van der Waals surface area (Å²) in [6.45, 7) is 9.77. The Kier molecular flexibility index (Phi) is 5.67. The summed E-state index contributed by atoms with van der Waals surface area (Å²) in [4.78, 5) is 0. The van der Waals surface area contributed by atoms with E-state index in [9.17, 15) is 0 Å². The van der Waals surface area contributed by atoms with Crippen LogP contribution in [0.1, 0.15) is 51.2 Å². The lowest BCUT2D eigenvalue weighted by Gasteiger charge is -2.32. The van der Waals surface area contributed by atoms with Crippen molar-refractivity contribution in [2.24, 2.45) is 0 Å². The van der Waals surface area contributed by atoms with Gasteiger partial charge in [-0.3, -0.25) is 0 Å². The molecule has 0 aliphatic rings. The van der Waals surface area contributed by atoms with Gasteiger partial charge in [0.25, 0.3) is 0 Å². The van der Waals surface area contributed by atoms with Crippen molar-refractivity contribution in [2.75, 3.05) is 7.11 Å². The topological polar surface area (TPSA) is 21.3 Å². The SMILES string of the molecule is CCC(CC)(CC)NCc1cc(C)ccc1OC. The standard InChI is InChI=1S/C16H27NO/c1-6-16(7-2,8-3)17-12-14-11-13(4)9-10-15(14)18-5/h9-11,17H,6-8,12H2,1-5H3. The lowest BCUT2D eigenvalue weighted by atomic mass is 9.89. The van der Waals surface area contributed by atoms with E-state index >= 15 is 0 Å². The van der Waals surface area contributed by atoms with Gasteiger partial charge in [0.05, 0.1) is 7.11 Å². The second-order valence-corrected chi connectivity index (χ2v) is 5.01. The fraction of sp³-hybridized carbons (Fsp3) is 0.625. The van der Waals surface area contributed by atoms with Crippen LogP contribution in [0.4, 0.5) is 0 Å². The molecule has 1 rings (SSSR count). The molecule has 0 aliphatic carbocycles. The molecule has 1 aromatic rings. The van der Waals surface area contributed by atoms with Crippen LogP contribution in [0.3, 0.4) is 0 Å². The molecule has 2 heteroatoms. The highest BCUT2D eigenvalue weighted by Crippen LogP contribution is 2.23. The van der Waals surface area contributed by atoms with E-state index in [-0.39, 0.29) is 5.54 Å². The summed E-state index contributed by atoms with van der Waals surface area (Å²) in [5, 5.41) is 3.72. The lowest BCUT2D eigenvalue weighted by Crippen LogP contribution is -2.43. The third-order valence-electron chi connectivity index (χ3n) is 4.12. The second-order valence-electron chi connectivity index (χ2n) is 5.01. The molecule has 2 nitrogen and oxygen atoms in total. The molecule has 0 heterocycles. The van der Waals surface area contributed by atoms with Crippen LogP contribution in [0.25, 0.3) is 0 Å². The van der Waals surface area contributed by atoms with Crippen molar-refractivity contribution < 1.29 is 4.74 Å². The number of benzene rings is 1. The molecule has 1 aromatic carbocycles. The van der Waals surface area contributed by atoms with Gasteiger partial charge in [-0.2, -0.15) is 0 Å². The van der Waals surface area contributed by atoms with Crippen molar-refractivity contribution in [2.45, 2.75) is 59.0 Å². The maximum Gasteiger partial charge on any atom is 0.123 e. The minimum Gasteiger partial charge on any atom is -0.496 e. The van der Waals surface area contributed by atoms with Crippen molar-refractivity contribution in [3.05, 3.63) is 29.3 Å². The number of ether oxygens (including phenoxy) is 1. The maximum atomic E-state index is 5.43. The van der Waals surface area contributed by atoms with Crippen LogP contribution in [0.2, 0.25) is 0 Å². The summed E-state index contributed by atoms with van der Waals surface area (Å²) in [5.41, 5.74) is 2.79. The molecule has 0 saturated carbocycles. The van der Waals surface area contributed by atoms with E-state index in [4.69, 9.17) is 4.74 Å². The molecule has 0 amide bonds. The van der Waals surface area contributed by atoms with Crippen molar-refractivity contribution >= 4 is 0 Å². The molecule has 0 bridgehead atoms. The van der Waals surface area contributed by atoms with Gasteiger partial charge in [0.15, 0.2) is 0 Å². The fourth-order valence-electron chi connectivity index (χ4n) is 2.45. The molecule has 0 aromatic heterocycles. The van der Waals surface area contributed by atoms with Gasteiger partial charge in [-0.25, -0.2) is 0 Å². The fourth-order valence-corrected chi connectivity index (χ4v) is 2.45. The highest BCUT2D eigenvalue weighted by Gasteiger charge is 2.23. The monoisotopic (exact) mass is 249 g/mol. The average Bonchev–Trinajstić information content (AvgIpc) is 2.41. The second kappa shape index (κ2) is 6.79. The number of hydrogen-bond acceptors (Lipinski definition) is 2. The third kappa shape index (κ3) is 3.49. The Morgan fingerprint density at radius 2 is 1.72 bits per heavy atom. The highest BCUT2D eigenvalue weighted by atomic mass is 16.5. The van der Waals surface area contributed by atoms with E-state index in [0.29, 0.717) is 0 Å². The zero-order chi connectivity index (χ0) is 13.6. The minimum atomic E-state index is 0.259. The zero-order valence-corrected chi connectivity index (χ0v) is 12.5. The highest BCUT2D eigenvalue weighted by molar-refractivity contribution is 5.36. The number of hydrogen-bond donors (Lipinski definition) is 1. The molecule has 0 fully saturated rings. The summed E-state index contributed by atoms with van der Waals surface area (Å²) < 4.78 is 5.43. The first-order chi connectivity index (χ1) is 8.60. The van der Waals surface area contributed by atoms with Crippen molar-refractivity contribution in [3.63, 3.8) is 0 Å². The average molecular weight is 249 g/mol.